The van der Waals surface area contributed by atoms with Crippen molar-refractivity contribution in [3.63, 3.8) is 0 Å². The van der Waals surface area contributed by atoms with Crippen LogP contribution in [0.4, 0.5) is 5.13 Å². The maximum atomic E-state index is 12.0. The first-order valence-electron chi connectivity index (χ1n) is 7.89. The number of benzene rings is 1. The van der Waals surface area contributed by atoms with Crippen LogP contribution >= 0.6 is 39.0 Å². The average Bonchev–Trinajstić information content (AvgIpc) is 3.30. The van der Waals surface area contributed by atoms with Crippen LogP contribution in [0.15, 0.2) is 58.1 Å². The first kappa shape index (κ1) is 19.6. The van der Waals surface area contributed by atoms with E-state index in [2.05, 4.69) is 43.0 Å². The maximum absolute atomic E-state index is 12.0. The molecule has 27 heavy (non-hydrogen) atoms. The van der Waals surface area contributed by atoms with Gasteiger partial charge in [0.2, 0.25) is 5.91 Å². The molecule has 0 bridgehead atoms. The minimum atomic E-state index is -0.143. The van der Waals surface area contributed by atoms with Gasteiger partial charge in [-0.2, -0.15) is 0 Å². The molecule has 0 aliphatic heterocycles. The fourth-order valence-electron chi connectivity index (χ4n) is 2.09. The number of carbonyl (C=O) groups is 1. The predicted molar refractivity (Wildman–Crippen MR) is 110 cm³/mol. The van der Waals surface area contributed by atoms with Gasteiger partial charge in [0.05, 0.1) is 5.75 Å². The molecule has 3 rings (SSSR count). The number of amides is 1. The third-order valence-electron chi connectivity index (χ3n) is 3.30. The number of aromatic nitrogens is 4. The molecule has 0 spiro atoms. The van der Waals surface area contributed by atoms with Crippen molar-refractivity contribution in [2.45, 2.75) is 18.3 Å². The average molecular weight is 466 g/mol. The Labute approximate surface area is 173 Å². The largest absolute Gasteiger partial charge is 0.486 e. The molecule has 3 aromatic rings. The summed E-state index contributed by atoms with van der Waals surface area (Å²) in [6, 6.07) is 7.56. The lowest BCUT2D eigenvalue weighted by Crippen LogP contribution is -2.14. The molecule has 0 radical (unpaired) electrons. The van der Waals surface area contributed by atoms with Crippen molar-refractivity contribution in [2.24, 2.45) is 0 Å². The minimum absolute atomic E-state index is 0.143. The Balaban J connectivity index is 1.60. The second-order valence-electron chi connectivity index (χ2n) is 5.21. The van der Waals surface area contributed by atoms with Crippen LogP contribution in [-0.4, -0.2) is 31.4 Å². The Kier molecular flexibility index (Phi) is 7.02. The summed E-state index contributed by atoms with van der Waals surface area (Å²) in [5.74, 6) is 1.47. The normalized spacial score (nSPS) is 10.6. The highest BCUT2D eigenvalue weighted by Crippen LogP contribution is 2.21. The molecule has 0 atom stereocenters. The number of hydrogen-bond donors (Lipinski definition) is 1. The summed E-state index contributed by atoms with van der Waals surface area (Å²) in [7, 11) is 0. The molecule has 10 heteroatoms. The Bertz CT molecular complexity index is 897. The molecule has 0 unspecified atom stereocenters. The highest BCUT2D eigenvalue weighted by Gasteiger charge is 2.14. The fraction of sp³-hybridized carbons (Fsp3) is 0.176. The Morgan fingerprint density at radius 1 is 1.37 bits per heavy atom. The van der Waals surface area contributed by atoms with Crippen LogP contribution in [0.2, 0.25) is 0 Å². The van der Waals surface area contributed by atoms with Gasteiger partial charge in [-0.05, 0) is 24.3 Å². The van der Waals surface area contributed by atoms with Crippen LogP contribution in [0.5, 0.6) is 5.75 Å². The molecule has 140 valence electrons. The van der Waals surface area contributed by atoms with E-state index < -0.39 is 0 Å². The van der Waals surface area contributed by atoms with E-state index in [1.807, 2.05) is 28.8 Å². The lowest BCUT2D eigenvalue weighted by molar-refractivity contribution is -0.113. The number of thiazole rings is 1. The second-order valence-corrected chi connectivity index (χ2v) is 7.97. The van der Waals surface area contributed by atoms with Gasteiger partial charge in [-0.25, -0.2) is 4.98 Å². The van der Waals surface area contributed by atoms with Crippen LogP contribution in [0.25, 0.3) is 0 Å². The van der Waals surface area contributed by atoms with E-state index in [9.17, 15) is 4.79 Å². The minimum Gasteiger partial charge on any atom is -0.486 e. The quantitative estimate of drug-likeness (QED) is 0.379. The number of carbonyl (C=O) groups excluding carboxylic acids is 1. The topological polar surface area (TPSA) is 81.9 Å². The molecule has 0 fully saturated rings. The Hall–Kier alpha value is -2.17. The highest BCUT2D eigenvalue weighted by molar-refractivity contribution is 9.10. The van der Waals surface area contributed by atoms with Crippen LogP contribution in [-0.2, 0) is 17.9 Å². The van der Waals surface area contributed by atoms with Gasteiger partial charge in [0.15, 0.2) is 16.1 Å². The van der Waals surface area contributed by atoms with Gasteiger partial charge in [-0.1, -0.05) is 33.8 Å². The number of nitrogens with one attached hydrogen (secondary N) is 1. The molecule has 0 saturated heterocycles. The number of ether oxygens (including phenoxy) is 1. The van der Waals surface area contributed by atoms with E-state index in [4.69, 9.17) is 4.74 Å². The summed E-state index contributed by atoms with van der Waals surface area (Å²) >= 11 is 6.07. The number of halogens is 1. The van der Waals surface area contributed by atoms with Crippen molar-refractivity contribution >= 4 is 50.1 Å². The SMILES string of the molecule is C=CCn1c(COc2ccc(Br)cc2)nnc1SCC(=O)Nc1nccs1. The monoisotopic (exact) mass is 465 g/mol. The van der Waals surface area contributed by atoms with Crippen LogP contribution < -0.4 is 10.1 Å². The molecule has 0 saturated carbocycles. The number of nitrogens with zero attached hydrogens (tertiary/aromatic N) is 4. The number of hydrogen-bond acceptors (Lipinski definition) is 7. The summed E-state index contributed by atoms with van der Waals surface area (Å²) in [6.45, 7) is 4.58. The number of allylic oxidation sites excluding steroid dienone is 1. The summed E-state index contributed by atoms with van der Waals surface area (Å²) < 4.78 is 8.64. The zero-order chi connectivity index (χ0) is 19.1. The van der Waals surface area contributed by atoms with Crippen LogP contribution in [0.1, 0.15) is 5.82 Å². The smallest absolute Gasteiger partial charge is 0.236 e. The van der Waals surface area contributed by atoms with E-state index in [0.29, 0.717) is 22.7 Å². The van der Waals surface area contributed by atoms with E-state index in [0.717, 1.165) is 10.2 Å². The Morgan fingerprint density at radius 2 is 2.19 bits per heavy atom. The van der Waals surface area contributed by atoms with E-state index in [1.54, 1.807) is 17.7 Å². The predicted octanol–water partition coefficient (Wildman–Crippen LogP) is 3.99. The molecule has 2 heterocycles. The van der Waals surface area contributed by atoms with Gasteiger partial charge in [0, 0.05) is 22.6 Å². The molecule has 1 aromatic carbocycles. The zero-order valence-corrected chi connectivity index (χ0v) is 17.4. The lowest BCUT2D eigenvalue weighted by Gasteiger charge is -2.09. The van der Waals surface area contributed by atoms with Gasteiger partial charge >= 0.3 is 0 Å². The number of anilines is 1. The molecular weight excluding hydrogens is 450 g/mol. The van der Waals surface area contributed by atoms with E-state index in [1.165, 1.54) is 23.1 Å². The lowest BCUT2D eigenvalue weighted by atomic mass is 10.3. The van der Waals surface area contributed by atoms with Crippen LogP contribution in [0.3, 0.4) is 0 Å². The zero-order valence-electron chi connectivity index (χ0n) is 14.2. The van der Waals surface area contributed by atoms with E-state index in [-0.39, 0.29) is 18.3 Å². The highest BCUT2D eigenvalue weighted by atomic mass is 79.9. The molecule has 0 aliphatic carbocycles. The maximum Gasteiger partial charge on any atom is 0.236 e. The summed E-state index contributed by atoms with van der Waals surface area (Å²) in [6.07, 6.45) is 3.40. The number of rotatable bonds is 9. The first-order chi connectivity index (χ1) is 13.2. The van der Waals surface area contributed by atoms with Crippen molar-refractivity contribution in [3.05, 3.63) is 58.8 Å². The number of thioether (sulfide) groups is 1. The molecule has 7 nitrogen and oxygen atoms in total. The van der Waals surface area contributed by atoms with Gasteiger partial charge < -0.3 is 10.1 Å². The van der Waals surface area contributed by atoms with Gasteiger partial charge in [0.1, 0.15) is 12.4 Å². The van der Waals surface area contributed by atoms with Gasteiger partial charge in [0.25, 0.3) is 0 Å². The van der Waals surface area contributed by atoms with Crippen molar-refractivity contribution in [2.75, 3.05) is 11.1 Å². The third-order valence-corrected chi connectivity index (χ3v) is 5.48. The van der Waals surface area contributed by atoms with Crippen molar-refractivity contribution in [1.29, 1.82) is 0 Å². The van der Waals surface area contributed by atoms with Crippen molar-refractivity contribution in [1.82, 2.24) is 19.7 Å². The molecular formula is C17H16BrN5O2S2. The van der Waals surface area contributed by atoms with Crippen molar-refractivity contribution in [3.8, 4) is 5.75 Å². The second kappa shape index (κ2) is 9.67. The summed E-state index contributed by atoms with van der Waals surface area (Å²) in [5, 5.41) is 14.1. The van der Waals surface area contributed by atoms with Crippen LogP contribution in [0, 0.1) is 0 Å². The van der Waals surface area contributed by atoms with Gasteiger partial charge in [-0.15, -0.1) is 28.1 Å². The fourth-order valence-corrected chi connectivity index (χ4v) is 3.67. The summed E-state index contributed by atoms with van der Waals surface area (Å²) in [4.78, 5) is 16.1. The Morgan fingerprint density at radius 3 is 2.89 bits per heavy atom. The summed E-state index contributed by atoms with van der Waals surface area (Å²) in [5.41, 5.74) is 0. The molecule has 1 amide bonds. The standard InChI is InChI=1S/C17H16BrN5O2S2/c1-2-8-23-14(10-25-13-5-3-12(18)4-6-13)21-22-17(23)27-11-15(24)20-16-19-7-9-26-16/h2-7,9H,1,8,10-11H2,(H,19,20,24). The molecule has 2 aromatic heterocycles. The molecule has 1 N–H and O–H groups in total. The van der Waals surface area contributed by atoms with Gasteiger partial charge in [-0.3, -0.25) is 9.36 Å². The third kappa shape index (κ3) is 5.65. The molecule has 0 aliphatic rings. The first-order valence-corrected chi connectivity index (χ1v) is 10.5. The van der Waals surface area contributed by atoms with E-state index >= 15 is 0 Å². The van der Waals surface area contributed by atoms with Crippen molar-refractivity contribution < 1.29 is 9.53 Å².